The normalized spacial score (nSPS) is 13.7. The van der Waals surface area contributed by atoms with Crippen LogP contribution in [0.2, 0.25) is 0 Å². The average Bonchev–Trinajstić information content (AvgIpc) is 2.73. The summed E-state index contributed by atoms with van der Waals surface area (Å²) in [5.74, 6) is 0. The first-order valence-corrected chi connectivity index (χ1v) is 7.40. The molecule has 0 radical (unpaired) electrons. The third-order valence-electron chi connectivity index (χ3n) is 3.75. The Morgan fingerprint density at radius 3 is 2.13 bits per heavy atom. The summed E-state index contributed by atoms with van der Waals surface area (Å²) in [6, 6.07) is 19.7. The molecule has 0 aliphatic carbocycles. The number of para-hydroxylation sites is 1. The summed E-state index contributed by atoms with van der Waals surface area (Å²) in [5.41, 5.74) is 2.67. The molecule has 0 fully saturated rings. The minimum absolute atomic E-state index is 0.195. The molecule has 1 nitrogen and oxygen atoms in total. The van der Waals surface area contributed by atoms with Gasteiger partial charge in [-0.25, -0.2) is 0 Å². The molecule has 1 N–H and O–H groups in total. The molecule has 0 unspecified atom stereocenters. The van der Waals surface area contributed by atoms with Crippen LogP contribution in [0.1, 0.15) is 6.85 Å². The number of benzene rings is 4. The van der Waals surface area contributed by atoms with Gasteiger partial charge in [0.25, 0.3) is 0 Å². The van der Waals surface area contributed by atoms with Gasteiger partial charge in [0.1, 0.15) is 0 Å². The van der Waals surface area contributed by atoms with E-state index in [2.05, 4.69) is 5.32 Å². The van der Waals surface area contributed by atoms with E-state index in [1.165, 1.54) is 0 Å². The highest BCUT2D eigenvalue weighted by Gasteiger charge is 2.07. The van der Waals surface area contributed by atoms with Crippen molar-refractivity contribution in [3.05, 3.63) is 96.9 Å². The standard InChI is InChI=1S/C22H17N/c1-3-9-17(10-4-1)19-15-16-22(21-14-8-7-13-20(19)21)23-18-11-5-2-6-12-18/h1-16,23H/i1D,3D,4D,9D,10D. The number of nitrogens with one attached hydrogen (secondary N) is 1. The zero-order valence-corrected chi connectivity index (χ0v) is 12.4. The van der Waals surface area contributed by atoms with E-state index in [9.17, 15) is 0 Å². The Morgan fingerprint density at radius 1 is 0.652 bits per heavy atom. The minimum atomic E-state index is -0.384. The van der Waals surface area contributed by atoms with Crippen molar-refractivity contribution in [1.82, 2.24) is 0 Å². The van der Waals surface area contributed by atoms with E-state index in [4.69, 9.17) is 6.85 Å². The second-order valence-corrected chi connectivity index (χ2v) is 5.20. The van der Waals surface area contributed by atoms with Gasteiger partial charge in [-0.3, -0.25) is 0 Å². The van der Waals surface area contributed by atoms with Crippen molar-refractivity contribution in [3.63, 3.8) is 0 Å². The quantitative estimate of drug-likeness (QED) is 0.471. The Bertz CT molecular complexity index is 1160. The maximum absolute atomic E-state index is 8.29. The van der Waals surface area contributed by atoms with E-state index < -0.39 is 0 Å². The highest BCUT2D eigenvalue weighted by atomic mass is 14.9. The smallest absolute Gasteiger partial charge is 0.0629 e. The first kappa shape index (κ1) is 9.16. The van der Waals surface area contributed by atoms with Gasteiger partial charge in [0, 0.05) is 16.8 Å². The summed E-state index contributed by atoms with van der Waals surface area (Å²) >= 11 is 0. The van der Waals surface area contributed by atoms with Gasteiger partial charge in [0.05, 0.1) is 6.85 Å². The zero-order valence-electron chi connectivity index (χ0n) is 17.4. The summed E-state index contributed by atoms with van der Waals surface area (Å²) in [4.78, 5) is 0. The van der Waals surface area contributed by atoms with Crippen molar-refractivity contribution < 1.29 is 6.85 Å². The van der Waals surface area contributed by atoms with Crippen molar-refractivity contribution in [2.24, 2.45) is 0 Å². The lowest BCUT2D eigenvalue weighted by Crippen LogP contribution is -1.92. The molecule has 0 aliphatic rings. The molecule has 4 aromatic rings. The van der Waals surface area contributed by atoms with Crippen molar-refractivity contribution in [2.75, 3.05) is 5.32 Å². The Morgan fingerprint density at radius 2 is 1.35 bits per heavy atom. The molecule has 0 atom stereocenters. The van der Waals surface area contributed by atoms with E-state index in [0.29, 0.717) is 5.56 Å². The topological polar surface area (TPSA) is 12.0 Å². The number of anilines is 2. The molecule has 0 saturated carbocycles. The Hall–Kier alpha value is -3.06. The van der Waals surface area contributed by atoms with Gasteiger partial charge in [-0.1, -0.05) is 78.7 Å². The van der Waals surface area contributed by atoms with Crippen LogP contribution in [0.3, 0.4) is 0 Å². The maximum Gasteiger partial charge on any atom is 0.0629 e. The minimum Gasteiger partial charge on any atom is -0.355 e. The molecule has 0 aliphatic heterocycles. The number of rotatable bonds is 3. The fourth-order valence-electron chi connectivity index (χ4n) is 2.69. The molecule has 0 bridgehead atoms. The van der Waals surface area contributed by atoms with Gasteiger partial charge in [-0.2, -0.15) is 0 Å². The highest BCUT2D eigenvalue weighted by Crippen LogP contribution is 2.34. The van der Waals surface area contributed by atoms with Crippen LogP contribution < -0.4 is 5.32 Å². The molecule has 4 rings (SSSR count). The summed E-state index contributed by atoms with van der Waals surface area (Å²) in [5, 5.41) is 5.12. The monoisotopic (exact) mass is 300 g/mol. The van der Waals surface area contributed by atoms with Crippen LogP contribution in [0.5, 0.6) is 0 Å². The summed E-state index contributed by atoms with van der Waals surface area (Å²) in [6.45, 7) is 0. The molecule has 0 heterocycles. The third kappa shape index (κ3) is 2.69. The summed E-state index contributed by atoms with van der Waals surface area (Å²) in [6.07, 6.45) is 0. The fraction of sp³-hybridized carbons (Fsp3) is 0. The second kappa shape index (κ2) is 5.98. The summed E-state index contributed by atoms with van der Waals surface area (Å²) in [7, 11) is 0. The van der Waals surface area contributed by atoms with E-state index in [0.717, 1.165) is 22.1 Å². The van der Waals surface area contributed by atoms with Crippen LogP contribution in [0.15, 0.2) is 96.9 Å². The van der Waals surface area contributed by atoms with Gasteiger partial charge >= 0.3 is 0 Å². The van der Waals surface area contributed by atoms with Crippen LogP contribution in [0, 0.1) is 0 Å². The van der Waals surface area contributed by atoms with Crippen molar-refractivity contribution in [3.8, 4) is 11.1 Å². The SMILES string of the molecule is [2H]c1c([2H])c([2H])c(-c2ccc(Nc3ccccc3)c3ccccc23)c([2H])c1[2H]. The highest BCUT2D eigenvalue weighted by molar-refractivity contribution is 6.04. The van der Waals surface area contributed by atoms with E-state index in [1.54, 1.807) is 0 Å². The van der Waals surface area contributed by atoms with Crippen LogP contribution >= 0.6 is 0 Å². The fourth-order valence-corrected chi connectivity index (χ4v) is 2.69. The first-order chi connectivity index (χ1) is 13.5. The molecule has 0 saturated heterocycles. The first-order valence-electron chi connectivity index (χ1n) is 9.90. The molecule has 23 heavy (non-hydrogen) atoms. The Labute approximate surface area is 143 Å². The molecular formula is C22H17N. The predicted octanol–water partition coefficient (Wildman–Crippen LogP) is 6.25. The van der Waals surface area contributed by atoms with Crippen LogP contribution in [0.25, 0.3) is 21.9 Å². The summed E-state index contributed by atoms with van der Waals surface area (Å²) < 4.78 is 40.3. The number of hydrogen-bond acceptors (Lipinski definition) is 1. The lowest BCUT2D eigenvalue weighted by molar-refractivity contribution is 1.57. The predicted molar refractivity (Wildman–Crippen MR) is 99.1 cm³/mol. The molecule has 110 valence electrons. The van der Waals surface area contributed by atoms with Gasteiger partial charge < -0.3 is 5.32 Å². The molecular weight excluding hydrogens is 278 g/mol. The molecule has 1 heteroatoms. The van der Waals surface area contributed by atoms with E-state index >= 15 is 0 Å². The maximum atomic E-state index is 8.29. The lowest BCUT2D eigenvalue weighted by Gasteiger charge is -2.13. The van der Waals surface area contributed by atoms with Crippen LogP contribution in [-0.4, -0.2) is 0 Å². The van der Waals surface area contributed by atoms with Gasteiger partial charge in [-0.05, 0) is 34.7 Å². The van der Waals surface area contributed by atoms with Gasteiger partial charge in [0.15, 0.2) is 0 Å². The van der Waals surface area contributed by atoms with E-state index in [1.807, 2.05) is 66.7 Å². The molecule has 0 spiro atoms. The Balaban J connectivity index is 1.96. The lowest BCUT2D eigenvalue weighted by atomic mass is 9.97. The number of fused-ring (bicyclic) bond motifs is 1. The van der Waals surface area contributed by atoms with Crippen LogP contribution in [0.4, 0.5) is 11.4 Å². The largest absolute Gasteiger partial charge is 0.355 e. The molecule has 4 aromatic carbocycles. The van der Waals surface area contributed by atoms with Crippen molar-refractivity contribution in [2.45, 2.75) is 0 Å². The average molecular weight is 300 g/mol. The zero-order chi connectivity index (χ0) is 19.8. The molecule has 0 aromatic heterocycles. The van der Waals surface area contributed by atoms with Crippen molar-refractivity contribution in [1.29, 1.82) is 0 Å². The Kier molecular flexibility index (Phi) is 2.38. The second-order valence-electron chi connectivity index (χ2n) is 5.20. The van der Waals surface area contributed by atoms with Crippen LogP contribution in [-0.2, 0) is 0 Å². The third-order valence-corrected chi connectivity index (χ3v) is 3.75. The van der Waals surface area contributed by atoms with E-state index in [-0.39, 0.29) is 35.8 Å². The number of hydrogen-bond donors (Lipinski definition) is 1. The van der Waals surface area contributed by atoms with Crippen molar-refractivity contribution >= 4 is 22.1 Å². The molecule has 0 amide bonds. The van der Waals surface area contributed by atoms with Gasteiger partial charge in [-0.15, -0.1) is 0 Å². The van der Waals surface area contributed by atoms with Gasteiger partial charge in [0.2, 0.25) is 0 Å².